The summed E-state index contributed by atoms with van der Waals surface area (Å²) in [7, 11) is -4.87. The summed E-state index contributed by atoms with van der Waals surface area (Å²) in [6, 6.07) is 1.13. The van der Waals surface area contributed by atoms with Crippen molar-refractivity contribution < 1.29 is 31.6 Å². The zero-order valence-corrected chi connectivity index (χ0v) is 16.0. The van der Waals surface area contributed by atoms with Gasteiger partial charge in [-0.15, -0.1) is 4.28 Å². The SMILES string of the molecule is O=C(Cc1cccnc1)NNC(=O)[C@@H]1CC2(CC2)[C@@H]2CN1C(=O)N2OS(=O)(=O)O. The van der Waals surface area contributed by atoms with Gasteiger partial charge in [0.1, 0.15) is 6.04 Å². The average Bonchev–Trinajstić information content (AvgIpc) is 3.38. The van der Waals surface area contributed by atoms with E-state index in [0.717, 1.165) is 0 Å². The number of hydrogen-bond acceptors (Lipinski definition) is 7. The summed E-state index contributed by atoms with van der Waals surface area (Å²) in [6.45, 7) is 0.0933. The van der Waals surface area contributed by atoms with Crippen molar-refractivity contribution in [3.8, 4) is 0 Å². The highest BCUT2D eigenvalue weighted by Gasteiger charge is 2.65. The minimum Gasteiger partial charge on any atom is -0.309 e. The summed E-state index contributed by atoms with van der Waals surface area (Å²) >= 11 is 0. The summed E-state index contributed by atoms with van der Waals surface area (Å²) in [6.07, 6.45) is 4.83. The second kappa shape index (κ2) is 6.93. The van der Waals surface area contributed by atoms with Crippen LogP contribution in [0.2, 0.25) is 0 Å². The lowest BCUT2D eigenvalue weighted by molar-refractivity contribution is -0.132. The first-order valence-corrected chi connectivity index (χ1v) is 10.3. The number of hydrazine groups is 1. The normalized spacial score (nSPS) is 24.5. The number of nitrogens with zero attached hydrogens (tertiary/aromatic N) is 3. The summed E-state index contributed by atoms with van der Waals surface area (Å²) in [5.41, 5.74) is 4.86. The number of amides is 4. The van der Waals surface area contributed by atoms with Gasteiger partial charge in [0, 0.05) is 18.9 Å². The van der Waals surface area contributed by atoms with E-state index in [4.69, 9.17) is 4.55 Å². The molecule has 3 fully saturated rings. The van der Waals surface area contributed by atoms with Crippen LogP contribution in [0.1, 0.15) is 24.8 Å². The van der Waals surface area contributed by atoms with Gasteiger partial charge in [0.25, 0.3) is 5.91 Å². The maximum atomic E-state index is 12.6. The summed E-state index contributed by atoms with van der Waals surface area (Å²) in [5.74, 6) is -1.04. The molecule has 0 aromatic carbocycles. The molecule has 2 atom stereocenters. The number of urea groups is 1. The molecule has 12 nitrogen and oxygen atoms in total. The summed E-state index contributed by atoms with van der Waals surface area (Å²) in [4.78, 5) is 42.3. The van der Waals surface area contributed by atoms with Gasteiger partial charge in [0.15, 0.2) is 0 Å². The molecule has 2 saturated heterocycles. The molecular formula is C16H19N5O7S. The number of fused-ring (bicyclic) bond motifs is 3. The maximum absolute atomic E-state index is 12.6. The van der Waals surface area contributed by atoms with Crippen LogP contribution in [0.25, 0.3) is 0 Å². The van der Waals surface area contributed by atoms with E-state index in [0.29, 0.717) is 29.9 Å². The van der Waals surface area contributed by atoms with Crippen LogP contribution < -0.4 is 10.9 Å². The highest BCUT2D eigenvalue weighted by atomic mass is 32.3. The molecule has 2 aliphatic heterocycles. The Morgan fingerprint density at radius 1 is 1.34 bits per heavy atom. The van der Waals surface area contributed by atoms with Crippen LogP contribution in [0.3, 0.4) is 0 Å². The molecule has 1 aromatic rings. The highest BCUT2D eigenvalue weighted by Crippen LogP contribution is 2.59. The number of pyridine rings is 1. The van der Waals surface area contributed by atoms with Crippen molar-refractivity contribution in [1.29, 1.82) is 0 Å². The zero-order chi connectivity index (χ0) is 20.8. The molecule has 13 heteroatoms. The Morgan fingerprint density at radius 2 is 2.10 bits per heavy atom. The van der Waals surface area contributed by atoms with Crippen molar-refractivity contribution in [2.75, 3.05) is 6.54 Å². The van der Waals surface area contributed by atoms with Crippen LogP contribution >= 0.6 is 0 Å². The van der Waals surface area contributed by atoms with Gasteiger partial charge in [-0.2, -0.15) is 13.5 Å². The maximum Gasteiger partial charge on any atom is 0.418 e. The molecule has 1 spiro atoms. The number of carbonyl (C=O) groups excluding carboxylic acids is 3. The second-order valence-corrected chi connectivity index (χ2v) is 8.44. The second-order valence-electron chi connectivity index (χ2n) is 7.44. The fourth-order valence-corrected chi connectivity index (χ4v) is 4.37. The molecule has 2 bridgehead atoms. The van der Waals surface area contributed by atoms with E-state index in [1.807, 2.05) is 0 Å². The Hall–Kier alpha value is -2.77. The van der Waals surface area contributed by atoms with Crippen molar-refractivity contribution in [1.82, 2.24) is 25.8 Å². The number of nitrogens with one attached hydrogen (secondary N) is 2. The van der Waals surface area contributed by atoms with E-state index in [1.54, 1.807) is 18.3 Å². The predicted octanol–water partition coefficient (Wildman–Crippen LogP) is -0.835. The first-order chi connectivity index (χ1) is 13.7. The number of carbonyl (C=O) groups is 3. The number of aromatic nitrogens is 1. The first-order valence-electron chi connectivity index (χ1n) is 8.93. The Balaban J connectivity index is 1.41. The molecule has 0 unspecified atom stereocenters. The van der Waals surface area contributed by atoms with Crippen molar-refractivity contribution in [3.63, 3.8) is 0 Å². The molecule has 156 valence electrons. The Morgan fingerprint density at radius 3 is 2.72 bits per heavy atom. The van der Waals surface area contributed by atoms with Gasteiger partial charge in [-0.1, -0.05) is 6.07 Å². The standard InChI is InChI=1S/C16H19N5O7S/c22-13(6-10-2-1-5-17-8-10)18-19-14(23)11-7-16(3-4-16)12-9-20(11)15(24)21(12)28-29(25,26)27/h1-2,5,8,11-12H,3-4,6-7,9H2,(H,18,22)(H,19,23)(H,25,26,27)/t11-,12-/m0/s1. The van der Waals surface area contributed by atoms with Gasteiger partial charge in [-0.25, -0.2) is 4.79 Å². The lowest BCUT2D eigenvalue weighted by Gasteiger charge is -2.35. The lowest BCUT2D eigenvalue weighted by atomic mass is 9.85. The van der Waals surface area contributed by atoms with E-state index in [9.17, 15) is 22.8 Å². The monoisotopic (exact) mass is 425 g/mol. The number of hydroxylamine groups is 2. The minimum atomic E-state index is -4.87. The third kappa shape index (κ3) is 3.88. The van der Waals surface area contributed by atoms with Crippen LogP contribution in [0.5, 0.6) is 0 Å². The van der Waals surface area contributed by atoms with Crippen molar-refractivity contribution in [2.45, 2.75) is 37.8 Å². The molecular weight excluding hydrogens is 406 g/mol. The van der Waals surface area contributed by atoms with Crippen LogP contribution in [0.4, 0.5) is 4.79 Å². The van der Waals surface area contributed by atoms with Gasteiger partial charge in [0.2, 0.25) is 5.91 Å². The summed E-state index contributed by atoms with van der Waals surface area (Å²) in [5, 5.41) is 0.636. The molecule has 1 aliphatic carbocycles. The zero-order valence-electron chi connectivity index (χ0n) is 15.1. The first kappa shape index (κ1) is 19.5. The molecule has 29 heavy (non-hydrogen) atoms. The fourth-order valence-electron chi connectivity index (χ4n) is 4.00. The van der Waals surface area contributed by atoms with E-state index in [-0.39, 0.29) is 13.0 Å². The van der Waals surface area contributed by atoms with Crippen LogP contribution in [0.15, 0.2) is 24.5 Å². The molecule has 1 saturated carbocycles. The predicted molar refractivity (Wildman–Crippen MR) is 94.7 cm³/mol. The molecule has 4 amide bonds. The van der Waals surface area contributed by atoms with E-state index in [2.05, 4.69) is 20.1 Å². The number of piperidine rings is 1. The summed E-state index contributed by atoms with van der Waals surface area (Å²) < 4.78 is 35.6. The Bertz CT molecular complexity index is 950. The van der Waals surface area contributed by atoms with Gasteiger partial charge >= 0.3 is 16.4 Å². The van der Waals surface area contributed by atoms with Gasteiger partial charge in [-0.3, -0.25) is 30.0 Å². The van der Waals surface area contributed by atoms with E-state index in [1.165, 1.54) is 11.1 Å². The third-order valence-electron chi connectivity index (χ3n) is 5.55. The van der Waals surface area contributed by atoms with Crippen LogP contribution in [0, 0.1) is 5.41 Å². The minimum absolute atomic E-state index is 0.0173. The molecule has 3 heterocycles. The van der Waals surface area contributed by atoms with Crippen molar-refractivity contribution >= 4 is 28.2 Å². The van der Waals surface area contributed by atoms with Crippen LogP contribution in [-0.4, -0.2) is 64.4 Å². The Labute approximate surface area is 166 Å². The van der Waals surface area contributed by atoms with Crippen molar-refractivity contribution in [2.24, 2.45) is 5.41 Å². The van der Waals surface area contributed by atoms with Gasteiger partial charge in [0.05, 0.1) is 12.5 Å². The molecule has 1 aromatic heterocycles. The molecule has 3 N–H and O–H groups in total. The largest absolute Gasteiger partial charge is 0.418 e. The van der Waals surface area contributed by atoms with E-state index < -0.39 is 45.7 Å². The van der Waals surface area contributed by atoms with Crippen LogP contribution in [-0.2, 0) is 30.7 Å². The molecule has 0 radical (unpaired) electrons. The smallest absolute Gasteiger partial charge is 0.309 e. The van der Waals surface area contributed by atoms with Gasteiger partial charge < -0.3 is 4.90 Å². The topological polar surface area (TPSA) is 158 Å². The third-order valence-corrected chi connectivity index (χ3v) is 5.90. The lowest BCUT2D eigenvalue weighted by Crippen LogP contribution is -2.56. The molecule has 4 rings (SSSR count). The average molecular weight is 425 g/mol. The quantitative estimate of drug-likeness (QED) is 0.407. The number of rotatable bonds is 5. The van der Waals surface area contributed by atoms with Crippen molar-refractivity contribution in [3.05, 3.63) is 30.1 Å². The van der Waals surface area contributed by atoms with E-state index >= 15 is 0 Å². The fraction of sp³-hybridized carbons (Fsp3) is 0.500. The molecule has 3 aliphatic rings. The van der Waals surface area contributed by atoms with Gasteiger partial charge in [-0.05, 0) is 36.3 Å². The number of hydrogen-bond donors (Lipinski definition) is 3. The Kier molecular flexibility index (Phi) is 4.67. The highest BCUT2D eigenvalue weighted by molar-refractivity contribution is 7.80.